The minimum absolute atomic E-state index is 0.784. The predicted molar refractivity (Wildman–Crippen MR) is 59.5 cm³/mol. The van der Waals surface area contributed by atoms with Gasteiger partial charge in [0.25, 0.3) is 0 Å². The van der Waals surface area contributed by atoms with Crippen LogP contribution in [0.4, 0.5) is 0 Å². The largest absolute Gasteiger partial charge is 0.383 e. The topological polar surface area (TPSA) is 12.5 Å². The third-order valence-corrected chi connectivity index (χ3v) is 2.74. The summed E-state index contributed by atoms with van der Waals surface area (Å²) in [6, 6.07) is 0.784. The molecule has 1 saturated carbocycles. The van der Waals surface area contributed by atoms with Gasteiger partial charge >= 0.3 is 0 Å². The van der Waals surface area contributed by atoms with Gasteiger partial charge in [0.2, 0.25) is 0 Å². The van der Waals surface area contributed by atoms with Crippen molar-refractivity contribution in [3.8, 4) is 0 Å². The zero-order valence-corrected chi connectivity index (χ0v) is 9.22. The molecule has 1 aliphatic carbocycles. The smallest absolute Gasteiger partial charge is 0.0589 e. The van der Waals surface area contributed by atoms with Crippen molar-refractivity contribution in [1.82, 2.24) is 4.90 Å². The molecule has 0 unspecified atom stereocenters. The van der Waals surface area contributed by atoms with Crippen LogP contribution in [-0.4, -0.2) is 43.5 Å². The highest BCUT2D eigenvalue weighted by molar-refractivity contribution is 7.80. The van der Waals surface area contributed by atoms with Gasteiger partial charge in [-0.05, 0) is 12.8 Å². The lowest BCUT2D eigenvalue weighted by atomic mass is 10.3. The van der Waals surface area contributed by atoms with E-state index in [1.54, 1.807) is 7.11 Å². The van der Waals surface area contributed by atoms with Crippen molar-refractivity contribution < 1.29 is 4.74 Å². The summed E-state index contributed by atoms with van der Waals surface area (Å²) in [6.45, 7) is 6.79. The highest BCUT2D eigenvalue weighted by atomic mass is 32.1. The van der Waals surface area contributed by atoms with Crippen molar-refractivity contribution in [2.75, 3.05) is 32.6 Å². The Balaban J connectivity index is 2.24. The van der Waals surface area contributed by atoms with E-state index in [1.807, 2.05) is 0 Å². The summed E-state index contributed by atoms with van der Waals surface area (Å²) in [5.74, 6) is 0.788. The van der Waals surface area contributed by atoms with E-state index in [9.17, 15) is 0 Å². The number of thiol groups is 1. The lowest BCUT2D eigenvalue weighted by molar-refractivity contribution is 0.149. The fourth-order valence-electron chi connectivity index (χ4n) is 1.38. The van der Waals surface area contributed by atoms with E-state index < -0.39 is 0 Å². The Bertz CT molecular complexity index is 168. The van der Waals surface area contributed by atoms with Gasteiger partial charge in [-0.2, -0.15) is 12.6 Å². The Kier molecular flexibility index (Phi) is 4.84. The molecule has 0 atom stereocenters. The van der Waals surface area contributed by atoms with E-state index in [2.05, 4.69) is 24.1 Å². The van der Waals surface area contributed by atoms with Crippen LogP contribution < -0.4 is 0 Å². The summed E-state index contributed by atoms with van der Waals surface area (Å²) in [5.41, 5.74) is 1.20. The van der Waals surface area contributed by atoms with Crippen LogP contribution in [0.25, 0.3) is 0 Å². The number of nitrogens with zero attached hydrogens (tertiary/aromatic N) is 1. The van der Waals surface area contributed by atoms with Crippen molar-refractivity contribution in [1.29, 1.82) is 0 Å². The quantitative estimate of drug-likeness (QED) is 0.496. The van der Waals surface area contributed by atoms with Crippen LogP contribution in [0.1, 0.15) is 12.8 Å². The fourth-order valence-corrected chi connectivity index (χ4v) is 1.48. The number of rotatable bonds is 7. The standard InChI is InChI=1S/C10H19NOS/c1-9(8-13)7-11(5-6-12-2)10-3-4-10/h10,13H,1,3-8H2,2H3. The average molecular weight is 201 g/mol. The minimum atomic E-state index is 0.784. The molecule has 0 aromatic carbocycles. The molecule has 0 saturated heterocycles. The number of hydrogen-bond acceptors (Lipinski definition) is 3. The number of methoxy groups -OCH3 is 1. The van der Waals surface area contributed by atoms with Gasteiger partial charge in [0.05, 0.1) is 6.61 Å². The van der Waals surface area contributed by atoms with E-state index in [1.165, 1.54) is 18.4 Å². The summed E-state index contributed by atoms with van der Waals surface area (Å²) < 4.78 is 5.08. The normalized spacial score (nSPS) is 16.5. The third kappa shape index (κ3) is 4.16. The molecule has 1 rings (SSSR count). The van der Waals surface area contributed by atoms with E-state index in [0.29, 0.717) is 0 Å². The van der Waals surface area contributed by atoms with Crippen molar-refractivity contribution in [2.24, 2.45) is 0 Å². The van der Waals surface area contributed by atoms with Crippen LogP contribution in [0.3, 0.4) is 0 Å². The zero-order valence-electron chi connectivity index (χ0n) is 8.33. The number of ether oxygens (including phenoxy) is 1. The van der Waals surface area contributed by atoms with Gasteiger partial charge < -0.3 is 4.74 Å². The fraction of sp³-hybridized carbons (Fsp3) is 0.800. The maximum Gasteiger partial charge on any atom is 0.0589 e. The van der Waals surface area contributed by atoms with Crippen molar-refractivity contribution in [2.45, 2.75) is 18.9 Å². The highest BCUT2D eigenvalue weighted by Crippen LogP contribution is 2.27. The molecule has 1 fully saturated rings. The molecular formula is C10H19NOS. The van der Waals surface area contributed by atoms with Crippen LogP contribution in [0, 0.1) is 0 Å². The molecule has 0 aromatic rings. The lowest BCUT2D eigenvalue weighted by Gasteiger charge is -2.21. The van der Waals surface area contributed by atoms with Crippen molar-refractivity contribution >= 4 is 12.6 Å². The van der Waals surface area contributed by atoms with Crippen LogP contribution in [-0.2, 0) is 4.74 Å². The van der Waals surface area contributed by atoms with Gasteiger partial charge in [-0.3, -0.25) is 4.90 Å². The van der Waals surface area contributed by atoms with Gasteiger partial charge in [-0.25, -0.2) is 0 Å². The van der Waals surface area contributed by atoms with Gasteiger partial charge in [-0.15, -0.1) is 0 Å². The first-order chi connectivity index (χ1) is 6.27. The van der Waals surface area contributed by atoms with Crippen LogP contribution in [0.15, 0.2) is 12.2 Å². The number of hydrogen-bond donors (Lipinski definition) is 1. The summed E-state index contributed by atoms with van der Waals surface area (Å²) in [7, 11) is 1.75. The Labute approximate surface area is 86.4 Å². The van der Waals surface area contributed by atoms with E-state index >= 15 is 0 Å². The zero-order chi connectivity index (χ0) is 9.68. The highest BCUT2D eigenvalue weighted by Gasteiger charge is 2.28. The molecule has 0 heterocycles. The molecule has 0 amide bonds. The molecule has 76 valence electrons. The SMILES string of the molecule is C=C(CS)CN(CCOC)C1CC1. The minimum Gasteiger partial charge on any atom is -0.383 e. The molecule has 0 radical (unpaired) electrons. The molecule has 2 nitrogen and oxygen atoms in total. The molecular weight excluding hydrogens is 182 g/mol. The molecule has 3 heteroatoms. The van der Waals surface area contributed by atoms with E-state index in [4.69, 9.17) is 4.74 Å². The van der Waals surface area contributed by atoms with Crippen LogP contribution in [0.5, 0.6) is 0 Å². The Morgan fingerprint density at radius 1 is 1.62 bits per heavy atom. The predicted octanol–water partition coefficient (Wildman–Crippen LogP) is 1.58. The second-order valence-electron chi connectivity index (χ2n) is 3.60. The van der Waals surface area contributed by atoms with Gasteiger partial charge in [0, 0.05) is 32.0 Å². The van der Waals surface area contributed by atoms with Crippen LogP contribution in [0.2, 0.25) is 0 Å². The molecule has 0 aromatic heterocycles. The van der Waals surface area contributed by atoms with Crippen molar-refractivity contribution in [3.05, 3.63) is 12.2 Å². The van der Waals surface area contributed by atoms with Gasteiger partial charge in [0.15, 0.2) is 0 Å². The summed E-state index contributed by atoms with van der Waals surface area (Å²) in [4.78, 5) is 2.45. The van der Waals surface area contributed by atoms with Gasteiger partial charge in [-0.1, -0.05) is 12.2 Å². The maximum atomic E-state index is 5.08. The van der Waals surface area contributed by atoms with E-state index in [0.717, 1.165) is 31.5 Å². The summed E-state index contributed by atoms with van der Waals surface area (Å²) in [6.07, 6.45) is 2.67. The second-order valence-corrected chi connectivity index (χ2v) is 3.92. The Morgan fingerprint density at radius 2 is 2.31 bits per heavy atom. The summed E-state index contributed by atoms with van der Waals surface area (Å²) in [5, 5.41) is 0. The second kappa shape index (κ2) is 5.68. The van der Waals surface area contributed by atoms with Gasteiger partial charge in [0.1, 0.15) is 0 Å². The molecule has 13 heavy (non-hydrogen) atoms. The van der Waals surface area contributed by atoms with Crippen LogP contribution >= 0.6 is 12.6 Å². The third-order valence-electron chi connectivity index (χ3n) is 2.30. The maximum absolute atomic E-state index is 5.08. The van der Waals surface area contributed by atoms with Crippen molar-refractivity contribution in [3.63, 3.8) is 0 Å². The first kappa shape index (κ1) is 11.1. The molecule has 0 spiro atoms. The van der Waals surface area contributed by atoms with E-state index in [-0.39, 0.29) is 0 Å². The average Bonchev–Trinajstić information content (AvgIpc) is 2.94. The molecule has 1 aliphatic rings. The molecule has 0 bridgehead atoms. The monoisotopic (exact) mass is 201 g/mol. The lowest BCUT2D eigenvalue weighted by Crippen LogP contribution is -2.31. The Morgan fingerprint density at radius 3 is 2.77 bits per heavy atom. The first-order valence-corrected chi connectivity index (χ1v) is 5.41. The molecule has 0 aliphatic heterocycles. The molecule has 0 N–H and O–H groups in total. The first-order valence-electron chi connectivity index (χ1n) is 4.78. The Hall–Kier alpha value is 0.01000. The summed E-state index contributed by atoms with van der Waals surface area (Å²) >= 11 is 4.21.